The molecule has 0 atom stereocenters. The molecule has 1 aliphatic carbocycles. The number of nitrogens with zero attached hydrogens (tertiary/aromatic N) is 1. The van der Waals surface area contributed by atoms with Gasteiger partial charge in [-0.3, -0.25) is 9.69 Å². The number of carbonyl (C=O) groups is 2. The molecule has 1 aromatic rings. The summed E-state index contributed by atoms with van der Waals surface area (Å²) in [5, 5.41) is 14.7. The number of carboxylic acids is 1. The van der Waals surface area contributed by atoms with Crippen LogP contribution in [0, 0.1) is 0 Å². The lowest BCUT2D eigenvalue weighted by atomic mass is 9.85. The third-order valence-corrected chi connectivity index (χ3v) is 4.40. The van der Waals surface area contributed by atoms with Crippen molar-refractivity contribution in [3.8, 4) is 5.75 Å². The number of benzene rings is 1. The lowest BCUT2D eigenvalue weighted by Gasteiger charge is -2.42. The number of nitrogens with one attached hydrogen (secondary N) is 2. The molecule has 2 amide bonds. The van der Waals surface area contributed by atoms with Crippen LogP contribution in [0.25, 0.3) is 0 Å². The zero-order valence-electron chi connectivity index (χ0n) is 14.8. The monoisotopic (exact) mass is 349 g/mol. The Balaban J connectivity index is 1.67. The molecule has 1 saturated carbocycles. The van der Waals surface area contributed by atoms with E-state index in [9.17, 15) is 9.59 Å². The second-order valence-corrected chi connectivity index (χ2v) is 6.18. The molecule has 3 N–H and O–H groups in total. The van der Waals surface area contributed by atoms with E-state index in [-0.39, 0.29) is 24.7 Å². The van der Waals surface area contributed by atoms with Crippen molar-refractivity contribution in [1.29, 1.82) is 0 Å². The average molecular weight is 349 g/mol. The molecule has 0 bridgehead atoms. The summed E-state index contributed by atoms with van der Waals surface area (Å²) in [6.07, 6.45) is 1.58. The van der Waals surface area contributed by atoms with Crippen LogP contribution < -0.4 is 15.4 Å². The van der Waals surface area contributed by atoms with E-state index in [1.54, 1.807) is 0 Å². The van der Waals surface area contributed by atoms with Gasteiger partial charge in [0.2, 0.25) is 0 Å². The summed E-state index contributed by atoms with van der Waals surface area (Å²) in [7, 11) is 0. The van der Waals surface area contributed by atoms with E-state index in [0.717, 1.165) is 24.2 Å². The first-order valence-electron chi connectivity index (χ1n) is 8.73. The second kappa shape index (κ2) is 9.27. The van der Waals surface area contributed by atoms with E-state index in [2.05, 4.69) is 10.6 Å². The van der Waals surface area contributed by atoms with Crippen LogP contribution in [0.4, 0.5) is 4.79 Å². The van der Waals surface area contributed by atoms with Crippen molar-refractivity contribution in [2.75, 3.05) is 19.7 Å². The Kier molecular flexibility index (Phi) is 7.06. The van der Waals surface area contributed by atoms with Crippen molar-refractivity contribution < 1.29 is 19.4 Å². The van der Waals surface area contributed by atoms with Crippen molar-refractivity contribution in [2.24, 2.45) is 0 Å². The predicted octanol–water partition coefficient (Wildman–Crippen LogP) is 1.82. The van der Waals surface area contributed by atoms with Crippen molar-refractivity contribution in [3.63, 3.8) is 0 Å². The summed E-state index contributed by atoms with van der Waals surface area (Å²) in [4.78, 5) is 24.7. The SMILES string of the molecule is CCOc1ccc(CNC(=O)NC2CC(N(CC)CC(=O)O)C2)cc1. The zero-order chi connectivity index (χ0) is 18.2. The summed E-state index contributed by atoms with van der Waals surface area (Å²) < 4.78 is 5.38. The smallest absolute Gasteiger partial charge is 0.317 e. The van der Waals surface area contributed by atoms with Crippen LogP contribution in [0.5, 0.6) is 5.75 Å². The molecule has 1 aliphatic rings. The minimum Gasteiger partial charge on any atom is -0.494 e. The number of amides is 2. The highest BCUT2D eigenvalue weighted by molar-refractivity contribution is 5.74. The van der Waals surface area contributed by atoms with Gasteiger partial charge in [0.25, 0.3) is 0 Å². The number of ether oxygens (including phenoxy) is 1. The molecule has 1 fully saturated rings. The van der Waals surface area contributed by atoms with Crippen LogP contribution in [-0.4, -0.2) is 53.8 Å². The highest BCUT2D eigenvalue weighted by Gasteiger charge is 2.34. The van der Waals surface area contributed by atoms with Gasteiger partial charge in [-0.1, -0.05) is 19.1 Å². The first-order valence-corrected chi connectivity index (χ1v) is 8.73. The molecule has 0 unspecified atom stereocenters. The van der Waals surface area contributed by atoms with Crippen molar-refractivity contribution >= 4 is 12.0 Å². The fourth-order valence-electron chi connectivity index (χ4n) is 2.97. The maximum absolute atomic E-state index is 12.0. The topological polar surface area (TPSA) is 90.9 Å². The molecule has 0 radical (unpaired) electrons. The fourth-order valence-corrected chi connectivity index (χ4v) is 2.97. The molecule has 7 nitrogen and oxygen atoms in total. The first-order chi connectivity index (χ1) is 12.0. The van der Waals surface area contributed by atoms with Crippen LogP contribution in [0.3, 0.4) is 0 Å². The van der Waals surface area contributed by atoms with E-state index in [0.29, 0.717) is 19.7 Å². The molecule has 0 heterocycles. The molecule has 0 aliphatic heterocycles. The molecule has 0 aromatic heterocycles. The van der Waals surface area contributed by atoms with Crippen molar-refractivity contribution in [2.45, 2.75) is 45.3 Å². The van der Waals surface area contributed by atoms with Gasteiger partial charge in [0.1, 0.15) is 5.75 Å². The summed E-state index contributed by atoms with van der Waals surface area (Å²) >= 11 is 0. The van der Waals surface area contributed by atoms with Crippen LogP contribution in [0.15, 0.2) is 24.3 Å². The summed E-state index contributed by atoms with van der Waals surface area (Å²) in [6, 6.07) is 7.77. The van der Waals surface area contributed by atoms with Gasteiger partial charge >= 0.3 is 12.0 Å². The summed E-state index contributed by atoms with van der Waals surface area (Å²) in [5.41, 5.74) is 1.00. The molecule has 0 spiro atoms. The van der Waals surface area contributed by atoms with Crippen molar-refractivity contribution in [1.82, 2.24) is 15.5 Å². The Labute approximate surface area is 148 Å². The third-order valence-electron chi connectivity index (χ3n) is 4.40. The average Bonchev–Trinajstić information content (AvgIpc) is 2.55. The normalized spacial score (nSPS) is 19.2. The molecule has 2 rings (SSSR count). The Bertz CT molecular complexity index is 570. The van der Waals surface area contributed by atoms with E-state index < -0.39 is 5.97 Å². The number of urea groups is 1. The molecule has 0 saturated heterocycles. The van der Waals surface area contributed by atoms with Gasteiger partial charge in [-0.25, -0.2) is 4.79 Å². The second-order valence-electron chi connectivity index (χ2n) is 6.18. The Hall–Kier alpha value is -2.28. The van der Waals surface area contributed by atoms with Gasteiger partial charge in [0, 0.05) is 18.6 Å². The number of rotatable bonds is 9. The van der Waals surface area contributed by atoms with Crippen molar-refractivity contribution in [3.05, 3.63) is 29.8 Å². The standard InChI is InChI=1S/C18H27N3O4/c1-3-21(12-17(22)23)15-9-14(10-15)20-18(24)19-11-13-5-7-16(8-6-13)25-4-2/h5-8,14-15H,3-4,9-12H2,1-2H3,(H,22,23)(H2,19,20,24). The molecular weight excluding hydrogens is 322 g/mol. The quantitative estimate of drug-likeness (QED) is 0.633. The van der Waals surface area contributed by atoms with Gasteiger partial charge in [0.05, 0.1) is 13.2 Å². The highest BCUT2D eigenvalue weighted by Crippen LogP contribution is 2.25. The minimum absolute atomic E-state index is 0.0534. The van der Waals surface area contributed by atoms with Gasteiger partial charge < -0.3 is 20.5 Å². The summed E-state index contributed by atoms with van der Waals surface area (Å²) in [6.45, 7) is 5.73. The van der Waals surface area contributed by atoms with Gasteiger partial charge in [-0.15, -0.1) is 0 Å². The van der Waals surface area contributed by atoms with E-state index in [1.165, 1.54) is 0 Å². The largest absolute Gasteiger partial charge is 0.494 e. The molecule has 25 heavy (non-hydrogen) atoms. The number of aliphatic carboxylic acids is 1. The van der Waals surface area contributed by atoms with Gasteiger partial charge in [-0.2, -0.15) is 0 Å². The predicted molar refractivity (Wildman–Crippen MR) is 94.7 cm³/mol. The number of hydrogen-bond acceptors (Lipinski definition) is 4. The van der Waals surface area contributed by atoms with Gasteiger partial charge in [0.15, 0.2) is 0 Å². The Morgan fingerprint density at radius 2 is 1.92 bits per heavy atom. The third kappa shape index (κ3) is 5.94. The van der Waals surface area contributed by atoms with E-state index >= 15 is 0 Å². The van der Waals surface area contributed by atoms with Crippen LogP contribution in [-0.2, 0) is 11.3 Å². The highest BCUT2D eigenvalue weighted by atomic mass is 16.5. The molecule has 138 valence electrons. The number of hydrogen-bond donors (Lipinski definition) is 3. The zero-order valence-corrected chi connectivity index (χ0v) is 14.8. The van der Waals surface area contributed by atoms with Crippen LogP contribution in [0.1, 0.15) is 32.3 Å². The number of carboxylic acid groups (broad SMARTS) is 1. The maximum atomic E-state index is 12.0. The molecular formula is C18H27N3O4. The lowest BCUT2D eigenvalue weighted by Crippen LogP contribution is -2.56. The van der Waals surface area contributed by atoms with Crippen LogP contribution in [0.2, 0.25) is 0 Å². The minimum atomic E-state index is -0.814. The first kappa shape index (κ1) is 19.1. The summed E-state index contributed by atoms with van der Waals surface area (Å²) in [5.74, 6) is 0.00408. The van der Waals surface area contributed by atoms with Crippen LogP contribution >= 0.6 is 0 Å². The lowest BCUT2D eigenvalue weighted by molar-refractivity contribution is -0.139. The van der Waals surface area contributed by atoms with E-state index in [4.69, 9.17) is 9.84 Å². The number of carbonyl (C=O) groups excluding carboxylic acids is 1. The van der Waals surface area contributed by atoms with Gasteiger partial charge in [-0.05, 0) is 44.0 Å². The molecule has 1 aromatic carbocycles. The molecule has 7 heteroatoms. The number of likely N-dealkylation sites (N-methyl/N-ethyl adjacent to an activating group) is 1. The Morgan fingerprint density at radius 1 is 1.24 bits per heavy atom. The Morgan fingerprint density at radius 3 is 2.48 bits per heavy atom. The maximum Gasteiger partial charge on any atom is 0.317 e. The van der Waals surface area contributed by atoms with E-state index in [1.807, 2.05) is 43.0 Å². The fraction of sp³-hybridized carbons (Fsp3) is 0.556.